The molecule has 1 heterocycles. The van der Waals surface area contributed by atoms with Crippen LogP contribution >= 0.6 is 15.9 Å². The Morgan fingerprint density at radius 1 is 1.40 bits per heavy atom. The topological polar surface area (TPSA) is 100 Å². The first-order valence-corrected chi connectivity index (χ1v) is 7.93. The molecule has 1 aromatic heterocycles. The molecule has 7 nitrogen and oxygen atoms in total. The van der Waals surface area contributed by atoms with Gasteiger partial charge in [0.1, 0.15) is 23.1 Å². The van der Waals surface area contributed by atoms with E-state index < -0.39 is 10.0 Å². The third-order valence-electron chi connectivity index (χ3n) is 2.75. The SMILES string of the molecule is Cc1nnc(COc2ccc(Br)cc2S(N)(=O)=O)n1C. The smallest absolute Gasteiger partial charge is 0.241 e. The van der Waals surface area contributed by atoms with Crippen molar-refractivity contribution in [3.05, 3.63) is 34.3 Å². The zero-order valence-electron chi connectivity index (χ0n) is 10.9. The molecular weight excluding hydrogens is 348 g/mol. The van der Waals surface area contributed by atoms with Crippen LogP contribution in [0.4, 0.5) is 0 Å². The Morgan fingerprint density at radius 2 is 2.10 bits per heavy atom. The normalized spacial score (nSPS) is 11.6. The van der Waals surface area contributed by atoms with E-state index in [1.165, 1.54) is 12.1 Å². The molecule has 2 aromatic rings. The number of benzene rings is 1. The average molecular weight is 361 g/mol. The fraction of sp³-hybridized carbons (Fsp3) is 0.273. The van der Waals surface area contributed by atoms with Crippen LogP contribution < -0.4 is 9.88 Å². The summed E-state index contributed by atoms with van der Waals surface area (Å²) >= 11 is 3.20. The quantitative estimate of drug-likeness (QED) is 0.879. The predicted molar refractivity (Wildman–Crippen MR) is 75.6 cm³/mol. The predicted octanol–water partition coefficient (Wildman–Crippen LogP) is 1.11. The molecule has 0 atom stereocenters. The summed E-state index contributed by atoms with van der Waals surface area (Å²) in [6, 6.07) is 4.60. The van der Waals surface area contributed by atoms with Gasteiger partial charge in [0.05, 0.1) is 0 Å². The van der Waals surface area contributed by atoms with Crippen molar-refractivity contribution in [2.24, 2.45) is 12.2 Å². The first-order chi connectivity index (χ1) is 9.29. The molecule has 0 saturated carbocycles. The monoisotopic (exact) mass is 360 g/mol. The van der Waals surface area contributed by atoms with Gasteiger partial charge >= 0.3 is 0 Å². The van der Waals surface area contributed by atoms with Crippen molar-refractivity contribution in [2.45, 2.75) is 18.4 Å². The van der Waals surface area contributed by atoms with Gasteiger partial charge in [-0.3, -0.25) is 0 Å². The van der Waals surface area contributed by atoms with Crippen LogP contribution in [0.25, 0.3) is 0 Å². The molecule has 0 saturated heterocycles. The van der Waals surface area contributed by atoms with Crippen LogP contribution in [0.15, 0.2) is 27.6 Å². The van der Waals surface area contributed by atoms with Crippen LogP contribution in [0.2, 0.25) is 0 Å². The van der Waals surface area contributed by atoms with E-state index in [1.54, 1.807) is 17.7 Å². The molecule has 20 heavy (non-hydrogen) atoms. The summed E-state index contributed by atoms with van der Waals surface area (Å²) in [4.78, 5) is -0.0780. The van der Waals surface area contributed by atoms with E-state index in [-0.39, 0.29) is 17.3 Å². The van der Waals surface area contributed by atoms with Gasteiger partial charge in [-0.2, -0.15) is 0 Å². The molecule has 2 rings (SSSR count). The number of aryl methyl sites for hydroxylation is 1. The molecule has 0 fully saturated rings. The molecule has 0 aliphatic carbocycles. The second kappa shape index (κ2) is 5.51. The summed E-state index contributed by atoms with van der Waals surface area (Å²) in [7, 11) is -2.06. The highest BCUT2D eigenvalue weighted by atomic mass is 79.9. The third-order valence-corrected chi connectivity index (χ3v) is 4.18. The fourth-order valence-electron chi connectivity index (χ4n) is 1.54. The van der Waals surface area contributed by atoms with Crippen LogP contribution in [-0.4, -0.2) is 23.2 Å². The molecule has 0 spiro atoms. The van der Waals surface area contributed by atoms with Crippen molar-refractivity contribution in [1.29, 1.82) is 0 Å². The van der Waals surface area contributed by atoms with Crippen molar-refractivity contribution in [1.82, 2.24) is 14.8 Å². The minimum absolute atomic E-state index is 0.0780. The molecule has 0 unspecified atom stereocenters. The summed E-state index contributed by atoms with van der Waals surface area (Å²) in [5, 5.41) is 13.0. The summed E-state index contributed by atoms with van der Waals surface area (Å²) in [6.45, 7) is 1.91. The van der Waals surface area contributed by atoms with Crippen molar-refractivity contribution in [3.63, 3.8) is 0 Å². The fourth-order valence-corrected chi connectivity index (χ4v) is 2.75. The van der Waals surface area contributed by atoms with E-state index in [0.717, 1.165) is 5.82 Å². The van der Waals surface area contributed by atoms with Crippen molar-refractivity contribution in [3.8, 4) is 5.75 Å². The lowest BCUT2D eigenvalue weighted by Crippen LogP contribution is -2.14. The number of rotatable bonds is 4. The van der Waals surface area contributed by atoms with Crippen molar-refractivity contribution < 1.29 is 13.2 Å². The van der Waals surface area contributed by atoms with Gasteiger partial charge in [-0.25, -0.2) is 13.6 Å². The maximum absolute atomic E-state index is 11.5. The Bertz CT molecular complexity index is 742. The standard InChI is InChI=1S/C11H13BrN4O3S/c1-7-14-15-11(16(7)2)6-19-9-4-3-8(12)5-10(9)20(13,17)18/h3-5H,6H2,1-2H3,(H2,13,17,18). The number of hydrogen-bond acceptors (Lipinski definition) is 5. The second-order valence-corrected chi connectivity index (χ2v) is 6.59. The lowest BCUT2D eigenvalue weighted by atomic mass is 10.3. The van der Waals surface area contributed by atoms with E-state index in [0.29, 0.717) is 10.3 Å². The molecule has 0 bridgehead atoms. The Hall–Kier alpha value is -1.45. The lowest BCUT2D eigenvalue weighted by molar-refractivity contribution is 0.283. The van der Waals surface area contributed by atoms with Crippen LogP contribution in [0.1, 0.15) is 11.6 Å². The highest BCUT2D eigenvalue weighted by Crippen LogP contribution is 2.27. The van der Waals surface area contributed by atoms with E-state index >= 15 is 0 Å². The summed E-state index contributed by atoms with van der Waals surface area (Å²) < 4.78 is 30.9. The number of aromatic nitrogens is 3. The Kier molecular flexibility index (Phi) is 4.11. The Balaban J connectivity index is 2.28. The minimum Gasteiger partial charge on any atom is -0.484 e. The number of halogens is 1. The minimum atomic E-state index is -3.86. The summed E-state index contributed by atoms with van der Waals surface area (Å²) in [5.74, 6) is 1.51. The van der Waals surface area contributed by atoms with E-state index in [2.05, 4.69) is 26.1 Å². The van der Waals surface area contributed by atoms with E-state index in [4.69, 9.17) is 9.88 Å². The van der Waals surface area contributed by atoms with Crippen LogP contribution in [0.5, 0.6) is 5.75 Å². The average Bonchev–Trinajstić information content (AvgIpc) is 2.67. The van der Waals surface area contributed by atoms with Gasteiger partial charge in [-0.15, -0.1) is 10.2 Å². The molecule has 0 aliphatic rings. The molecule has 108 valence electrons. The number of nitrogens with zero attached hydrogens (tertiary/aromatic N) is 3. The molecular formula is C11H13BrN4O3S. The molecule has 2 N–H and O–H groups in total. The maximum atomic E-state index is 11.5. The lowest BCUT2D eigenvalue weighted by Gasteiger charge is -2.10. The number of nitrogens with two attached hydrogens (primary N) is 1. The molecule has 0 aliphatic heterocycles. The Labute approximate surface area is 124 Å². The highest BCUT2D eigenvalue weighted by Gasteiger charge is 2.16. The number of hydrogen-bond donors (Lipinski definition) is 1. The molecule has 0 amide bonds. The van der Waals surface area contributed by atoms with Gasteiger partial charge in [0.15, 0.2) is 5.82 Å². The van der Waals surface area contributed by atoms with Gasteiger partial charge in [0.25, 0.3) is 0 Å². The van der Waals surface area contributed by atoms with Crippen LogP contribution in [-0.2, 0) is 23.7 Å². The zero-order valence-corrected chi connectivity index (χ0v) is 13.3. The van der Waals surface area contributed by atoms with Crippen molar-refractivity contribution >= 4 is 26.0 Å². The van der Waals surface area contributed by atoms with Crippen LogP contribution in [0, 0.1) is 6.92 Å². The highest BCUT2D eigenvalue weighted by molar-refractivity contribution is 9.10. The number of ether oxygens (including phenoxy) is 1. The molecule has 9 heteroatoms. The maximum Gasteiger partial charge on any atom is 0.241 e. The zero-order chi connectivity index (χ0) is 14.9. The number of sulfonamides is 1. The first kappa shape index (κ1) is 14.9. The van der Waals surface area contributed by atoms with Gasteiger partial charge in [-0.1, -0.05) is 15.9 Å². The molecule has 0 radical (unpaired) electrons. The Morgan fingerprint density at radius 3 is 2.65 bits per heavy atom. The number of primary sulfonamides is 1. The largest absolute Gasteiger partial charge is 0.484 e. The van der Waals surface area contributed by atoms with Crippen LogP contribution in [0.3, 0.4) is 0 Å². The van der Waals surface area contributed by atoms with Gasteiger partial charge in [0, 0.05) is 11.5 Å². The van der Waals surface area contributed by atoms with Gasteiger partial charge in [-0.05, 0) is 25.1 Å². The van der Waals surface area contributed by atoms with Crippen molar-refractivity contribution in [2.75, 3.05) is 0 Å². The van der Waals surface area contributed by atoms with Gasteiger partial charge < -0.3 is 9.30 Å². The first-order valence-electron chi connectivity index (χ1n) is 5.59. The van der Waals surface area contributed by atoms with E-state index in [9.17, 15) is 8.42 Å². The third kappa shape index (κ3) is 3.17. The van der Waals surface area contributed by atoms with E-state index in [1.807, 2.05) is 6.92 Å². The van der Waals surface area contributed by atoms with Gasteiger partial charge in [0.2, 0.25) is 10.0 Å². The second-order valence-electron chi connectivity index (χ2n) is 4.15. The summed E-state index contributed by atoms with van der Waals surface area (Å²) in [6.07, 6.45) is 0. The summed E-state index contributed by atoms with van der Waals surface area (Å²) in [5.41, 5.74) is 0. The molecule has 1 aromatic carbocycles.